The summed E-state index contributed by atoms with van der Waals surface area (Å²) < 4.78 is 0.961. The molecule has 0 bridgehead atoms. The zero-order chi connectivity index (χ0) is 13.1. The van der Waals surface area contributed by atoms with Crippen molar-refractivity contribution in [3.05, 3.63) is 56.9 Å². The van der Waals surface area contributed by atoms with Gasteiger partial charge in [-0.2, -0.15) is 4.68 Å². The Hall–Kier alpha value is -2.70. The molecule has 0 fully saturated rings. The molecule has 18 heavy (non-hydrogen) atoms. The third kappa shape index (κ3) is 2.05. The van der Waals surface area contributed by atoms with Crippen molar-refractivity contribution in [2.45, 2.75) is 6.92 Å². The van der Waals surface area contributed by atoms with E-state index in [1.54, 1.807) is 30.3 Å². The van der Waals surface area contributed by atoms with Crippen molar-refractivity contribution >= 4 is 5.71 Å². The van der Waals surface area contributed by atoms with Crippen LogP contribution < -0.4 is 11.1 Å². The van der Waals surface area contributed by atoms with Crippen LogP contribution in [0.3, 0.4) is 0 Å². The molecule has 0 amide bonds. The minimum atomic E-state index is -0.827. The first-order chi connectivity index (χ1) is 8.63. The Bertz CT molecular complexity index is 700. The van der Waals surface area contributed by atoms with Crippen LogP contribution in [-0.4, -0.2) is 25.7 Å². The molecule has 2 N–H and O–H groups in total. The molecule has 0 saturated carbocycles. The van der Waals surface area contributed by atoms with Crippen LogP contribution in [0.1, 0.15) is 12.7 Å². The van der Waals surface area contributed by atoms with Crippen molar-refractivity contribution in [2.24, 2.45) is 5.16 Å². The lowest BCUT2D eigenvalue weighted by molar-refractivity contribution is 0.318. The largest absolute Gasteiger partial charge is 0.411 e. The number of oxime groups is 1. The predicted molar refractivity (Wildman–Crippen MR) is 64.5 cm³/mol. The number of aromatic amines is 1. The van der Waals surface area contributed by atoms with E-state index in [0.717, 1.165) is 4.68 Å². The minimum absolute atomic E-state index is 0.0333. The molecule has 0 saturated heterocycles. The fourth-order valence-corrected chi connectivity index (χ4v) is 1.38. The van der Waals surface area contributed by atoms with Crippen molar-refractivity contribution in [2.75, 3.05) is 0 Å². The van der Waals surface area contributed by atoms with E-state index in [2.05, 4.69) is 15.2 Å². The number of rotatable bonds is 2. The van der Waals surface area contributed by atoms with Crippen molar-refractivity contribution in [3.8, 4) is 5.69 Å². The van der Waals surface area contributed by atoms with Gasteiger partial charge in [0.25, 0.3) is 0 Å². The Morgan fingerprint density at radius 1 is 1.33 bits per heavy atom. The standard InChI is InChI=1S/C11H10N4O3/c1-7(14-18)9-12-10(16)11(17)15(13-9)8-5-3-2-4-6-8/h2-6,18H,1H3,(H,12,13,16). The Kier molecular flexibility index (Phi) is 3.05. The van der Waals surface area contributed by atoms with Crippen LogP contribution in [0.15, 0.2) is 45.1 Å². The Morgan fingerprint density at radius 3 is 2.61 bits per heavy atom. The minimum Gasteiger partial charge on any atom is -0.411 e. The van der Waals surface area contributed by atoms with Crippen LogP contribution in [0.4, 0.5) is 0 Å². The van der Waals surface area contributed by atoms with Crippen LogP contribution in [0.2, 0.25) is 0 Å². The zero-order valence-corrected chi connectivity index (χ0v) is 9.49. The Balaban J connectivity index is 2.72. The quantitative estimate of drug-likeness (QED) is 0.340. The van der Waals surface area contributed by atoms with E-state index in [9.17, 15) is 9.59 Å². The van der Waals surface area contributed by atoms with Gasteiger partial charge in [-0.15, -0.1) is 5.10 Å². The van der Waals surface area contributed by atoms with Gasteiger partial charge in [0.1, 0.15) is 5.71 Å². The van der Waals surface area contributed by atoms with Crippen LogP contribution in [0.25, 0.3) is 5.69 Å². The number of hydrogen-bond acceptors (Lipinski definition) is 5. The summed E-state index contributed by atoms with van der Waals surface area (Å²) in [6, 6.07) is 8.50. The summed E-state index contributed by atoms with van der Waals surface area (Å²) in [6.45, 7) is 1.46. The highest BCUT2D eigenvalue weighted by Gasteiger charge is 2.09. The molecule has 2 aromatic rings. The van der Waals surface area contributed by atoms with Crippen molar-refractivity contribution < 1.29 is 5.21 Å². The van der Waals surface area contributed by atoms with Gasteiger partial charge in [-0.25, -0.2) is 0 Å². The summed E-state index contributed by atoms with van der Waals surface area (Å²) in [5.74, 6) is 0.0333. The zero-order valence-electron chi connectivity index (χ0n) is 9.49. The molecular formula is C11H10N4O3. The van der Waals surface area contributed by atoms with Crippen LogP contribution in [-0.2, 0) is 0 Å². The predicted octanol–water partition coefficient (Wildman–Crippen LogP) is 0.119. The molecule has 0 aliphatic carbocycles. The van der Waals surface area contributed by atoms with Crippen molar-refractivity contribution in [3.63, 3.8) is 0 Å². The molecule has 0 aliphatic rings. The topological polar surface area (TPSA) is 100 Å². The van der Waals surface area contributed by atoms with Crippen LogP contribution >= 0.6 is 0 Å². The van der Waals surface area contributed by atoms with E-state index in [0.29, 0.717) is 5.69 Å². The Morgan fingerprint density at radius 2 is 2.00 bits per heavy atom. The maximum Gasteiger partial charge on any atom is 0.337 e. The fraction of sp³-hybridized carbons (Fsp3) is 0.0909. The first-order valence-corrected chi connectivity index (χ1v) is 5.11. The summed E-state index contributed by atoms with van der Waals surface area (Å²) in [5, 5.41) is 15.5. The van der Waals surface area contributed by atoms with E-state index < -0.39 is 11.1 Å². The van der Waals surface area contributed by atoms with E-state index >= 15 is 0 Å². The van der Waals surface area contributed by atoms with Crippen molar-refractivity contribution in [1.29, 1.82) is 0 Å². The highest BCUT2D eigenvalue weighted by atomic mass is 16.4. The number of nitrogens with one attached hydrogen (secondary N) is 1. The molecule has 0 spiro atoms. The maximum atomic E-state index is 11.7. The summed E-state index contributed by atoms with van der Waals surface area (Å²) in [5.41, 5.74) is -1.06. The second kappa shape index (κ2) is 4.66. The van der Waals surface area contributed by atoms with Crippen LogP contribution in [0, 0.1) is 0 Å². The van der Waals surface area contributed by atoms with E-state index in [-0.39, 0.29) is 11.5 Å². The molecule has 2 rings (SSSR count). The van der Waals surface area contributed by atoms with Gasteiger partial charge < -0.3 is 5.21 Å². The van der Waals surface area contributed by atoms with E-state index in [4.69, 9.17) is 5.21 Å². The van der Waals surface area contributed by atoms with Gasteiger partial charge in [-0.1, -0.05) is 23.4 Å². The molecule has 1 aromatic carbocycles. The molecule has 7 nitrogen and oxygen atoms in total. The fourth-order valence-electron chi connectivity index (χ4n) is 1.38. The molecule has 92 valence electrons. The second-order valence-corrected chi connectivity index (χ2v) is 3.54. The first-order valence-electron chi connectivity index (χ1n) is 5.11. The van der Waals surface area contributed by atoms with Gasteiger partial charge in [0.2, 0.25) is 0 Å². The first kappa shape index (κ1) is 11.8. The van der Waals surface area contributed by atoms with Gasteiger partial charge >= 0.3 is 11.1 Å². The van der Waals surface area contributed by atoms with Crippen LogP contribution in [0.5, 0.6) is 0 Å². The normalized spacial score (nSPS) is 11.5. The second-order valence-electron chi connectivity index (χ2n) is 3.54. The third-order valence-corrected chi connectivity index (χ3v) is 2.31. The Labute approximate surface area is 101 Å². The lowest BCUT2D eigenvalue weighted by Crippen LogP contribution is -2.39. The SMILES string of the molecule is CC(=NO)c1nn(-c2ccccc2)c(=O)c(=O)[nH]1. The average Bonchev–Trinajstić information content (AvgIpc) is 2.41. The summed E-state index contributed by atoms with van der Waals surface area (Å²) in [4.78, 5) is 25.4. The van der Waals surface area contributed by atoms with Gasteiger partial charge in [-0.3, -0.25) is 14.6 Å². The van der Waals surface area contributed by atoms with E-state index in [1.807, 2.05) is 0 Å². The molecule has 0 aliphatic heterocycles. The number of aromatic nitrogens is 3. The molecule has 7 heteroatoms. The summed E-state index contributed by atoms with van der Waals surface area (Å²) in [7, 11) is 0. The van der Waals surface area contributed by atoms with Crippen molar-refractivity contribution in [1.82, 2.24) is 14.8 Å². The highest BCUT2D eigenvalue weighted by Crippen LogP contribution is 2.01. The molecular weight excluding hydrogens is 236 g/mol. The van der Waals surface area contributed by atoms with Gasteiger partial charge in [0.05, 0.1) is 5.69 Å². The summed E-state index contributed by atoms with van der Waals surface area (Å²) in [6.07, 6.45) is 0. The molecule has 0 radical (unpaired) electrons. The lowest BCUT2D eigenvalue weighted by atomic mass is 10.3. The van der Waals surface area contributed by atoms with Gasteiger partial charge in [0, 0.05) is 0 Å². The number of H-pyrrole nitrogens is 1. The lowest BCUT2D eigenvalue weighted by Gasteiger charge is -2.05. The third-order valence-electron chi connectivity index (χ3n) is 2.31. The maximum absolute atomic E-state index is 11.7. The number of nitrogens with zero attached hydrogens (tertiary/aromatic N) is 3. The smallest absolute Gasteiger partial charge is 0.337 e. The molecule has 0 atom stereocenters. The van der Waals surface area contributed by atoms with Gasteiger partial charge in [0.15, 0.2) is 5.82 Å². The molecule has 1 aromatic heterocycles. The number of benzene rings is 1. The molecule has 0 unspecified atom stereocenters. The average molecular weight is 246 g/mol. The monoisotopic (exact) mass is 246 g/mol. The summed E-state index contributed by atoms with van der Waals surface area (Å²) >= 11 is 0. The van der Waals surface area contributed by atoms with Gasteiger partial charge in [-0.05, 0) is 19.1 Å². The number of hydrogen-bond donors (Lipinski definition) is 2. The van der Waals surface area contributed by atoms with E-state index in [1.165, 1.54) is 6.92 Å². The highest BCUT2D eigenvalue weighted by molar-refractivity contribution is 5.94. The number of para-hydroxylation sites is 1. The molecule has 1 heterocycles.